The van der Waals surface area contributed by atoms with Gasteiger partial charge in [-0.1, -0.05) is 0 Å². The zero-order valence-electron chi connectivity index (χ0n) is 3.27. The maximum atomic E-state index is 3.56. The van der Waals surface area contributed by atoms with Crippen LogP contribution < -0.4 is 0 Å². The fourth-order valence-corrected chi connectivity index (χ4v) is 0. The first-order chi connectivity index (χ1) is 2.27. The van der Waals surface area contributed by atoms with Crippen LogP contribution in [0.5, 0.6) is 0 Å². The summed E-state index contributed by atoms with van der Waals surface area (Å²) in [7, 11) is 0. The summed E-state index contributed by atoms with van der Waals surface area (Å²) < 4.78 is 0.658. The van der Waals surface area contributed by atoms with Gasteiger partial charge in [-0.3, -0.25) is 0 Å². The van der Waals surface area contributed by atoms with Crippen molar-refractivity contribution in [1.82, 2.24) is 0 Å². The predicted octanol–water partition coefficient (Wildman–Crippen LogP) is 1.15. The van der Waals surface area contributed by atoms with E-state index in [-0.39, 0.29) is 0 Å². The first kappa shape index (κ1) is 5.53. The van der Waals surface area contributed by atoms with Gasteiger partial charge in [-0.15, -0.1) is 0 Å². The molecule has 0 heterocycles. The molecule has 0 saturated carbocycles. The summed E-state index contributed by atoms with van der Waals surface area (Å²) in [6.07, 6.45) is 1.92. The Hall–Kier alpha value is 0.530. The van der Waals surface area contributed by atoms with Crippen LogP contribution in [0.2, 0.25) is 3.97 Å². The molecule has 0 aliphatic rings. The van der Waals surface area contributed by atoms with Gasteiger partial charge in [-0.05, 0) is 0 Å². The second-order valence-electron chi connectivity index (χ2n) is 0.941. The van der Waals surface area contributed by atoms with Crippen molar-refractivity contribution in [2.45, 2.75) is 10.9 Å². The molecule has 0 fully saturated rings. The number of allylic oxidation sites excluding steroid dienone is 1. The molecule has 29 valence electrons. The molecule has 0 spiro atoms. The summed E-state index contributed by atoms with van der Waals surface area (Å²) in [5.74, 6) is 0. The SMILES string of the molecule is C=CC(C)[Te]. The van der Waals surface area contributed by atoms with Crippen LogP contribution in [0, 0.1) is 0 Å². The molecule has 1 heteroatoms. The molecule has 0 nitrogen and oxygen atoms in total. The standard InChI is InChI=1S/C4H7Te/c1-3-4(2)5/h3-4H,1H2,2H3. The molecular weight excluding hydrogens is 176 g/mol. The van der Waals surface area contributed by atoms with E-state index >= 15 is 0 Å². The van der Waals surface area contributed by atoms with Crippen LogP contribution >= 0.6 is 0 Å². The van der Waals surface area contributed by atoms with E-state index in [1.54, 1.807) is 0 Å². The van der Waals surface area contributed by atoms with Crippen LogP contribution in [-0.4, -0.2) is 22.3 Å². The maximum absolute atomic E-state index is 3.56. The van der Waals surface area contributed by atoms with E-state index in [1.807, 2.05) is 28.4 Å². The third-order valence-corrected chi connectivity index (χ3v) is 0.881. The minimum atomic E-state index is 0.658. The molecule has 1 atom stereocenters. The summed E-state index contributed by atoms with van der Waals surface area (Å²) in [5.41, 5.74) is 0. The first-order valence-corrected chi connectivity index (χ1v) is 2.90. The van der Waals surface area contributed by atoms with Gasteiger partial charge >= 0.3 is 45.8 Å². The molecule has 0 saturated heterocycles. The molecule has 1 radical (unpaired) electrons. The van der Waals surface area contributed by atoms with Gasteiger partial charge in [-0.25, -0.2) is 0 Å². The van der Waals surface area contributed by atoms with Crippen LogP contribution in [0.1, 0.15) is 6.92 Å². The van der Waals surface area contributed by atoms with Gasteiger partial charge in [0.2, 0.25) is 0 Å². The molecule has 0 rings (SSSR count). The van der Waals surface area contributed by atoms with Gasteiger partial charge in [0.25, 0.3) is 0 Å². The molecule has 0 aromatic carbocycles. The molecule has 0 aliphatic heterocycles. The summed E-state index contributed by atoms with van der Waals surface area (Å²) in [5, 5.41) is 0. The molecule has 0 N–H and O–H groups in total. The third-order valence-electron chi connectivity index (χ3n) is 0.332. The van der Waals surface area contributed by atoms with Crippen LogP contribution in [0.25, 0.3) is 0 Å². The molecule has 0 aromatic heterocycles. The van der Waals surface area contributed by atoms with Gasteiger partial charge in [0.1, 0.15) is 0 Å². The molecule has 0 aromatic rings. The van der Waals surface area contributed by atoms with Crippen molar-refractivity contribution in [2.24, 2.45) is 0 Å². The fraction of sp³-hybridized carbons (Fsp3) is 0.500. The van der Waals surface area contributed by atoms with Crippen LogP contribution in [0.15, 0.2) is 12.7 Å². The normalized spacial score (nSPS) is 14.0. The van der Waals surface area contributed by atoms with E-state index in [0.29, 0.717) is 3.97 Å². The Morgan fingerprint density at radius 3 is 2.20 bits per heavy atom. The van der Waals surface area contributed by atoms with Gasteiger partial charge < -0.3 is 0 Å². The average molecular weight is 183 g/mol. The molecule has 0 amide bonds. The van der Waals surface area contributed by atoms with Crippen molar-refractivity contribution in [1.29, 1.82) is 0 Å². The Morgan fingerprint density at radius 1 is 2.00 bits per heavy atom. The summed E-state index contributed by atoms with van der Waals surface area (Å²) in [6.45, 7) is 5.67. The zero-order valence-corrected chi connectivity index (χ0v) is 5.60. The molecule has 5 heavy (non-hydrogen) atoms. The zero-order chi connectivity index (χ0) is 4.28. The van der Waals surface area contributed by atoms with E-state index in [9.17, 15) is 0 Å². The Morgan fingerprint density at radius 2 is 2.20 bits per heavy atom. The second kappa shape index (κ2) is 2.75. The topological polar surface area (TPSA) is 0 Å². The van der Waals surface area contributed by atoms with E-state index < -0.39 is 0 Å². The van der Waals surface area contributed by atoms with Crippen molar-refractivity contribution < 1.29 is 0 Å². The third kappa shape index (κ3) is 4.53. The van der Waals surface area contributed by atoms with Crippen LogP contribution in [0.3, 0.4) is 0 Å². The Kier molecular flexibility index (Phi) is 3.04. The monoisotopic (exact) mass is 185 g/mol. The van der Waals surface area contributed by atoms with Crippen LogP contribution in [-0.2, 0) is 0 Å². The van der Waals surface area contributed by atoms with Gasteiger partial charge in [-0.2, -0.15) is 0 Å². The van der Waals surface area contributed by atoms with Gasteiger partial charge in [0.05, 0.1) is 0 Å². The molecule has 0 bridgehead atoms. The van der Waals surface area contributed by atoms with E-state index in [2.05, 4.69) is 13.5 Å². The summed E-state index contributed by atoms with van der Waals surface area (Å²) in [6, 6.07) is 0. The van der Waals surface area contributed by atoms with Crippen LogP contribution in [0.4, 0.5) is 0 Å². The second-order valence-corrected chi connectivity index (χ2v) is 3.06. The Labute approximate surface area is 46.2 Å². The summed E-state index contributed by atoms with van der Waals surface area (Å²) in [4.78, 5) is 0. The molecule has 1 unspecified atom stereocenters. The Bertz CT molecular complexity index is 30.6. The number of hydrogen-bond donors (Lipinski definition) is 0. The van der Waals surface area contributed by atoms with E-state index in [4.69, 9.17) is 0 Å². The number of rotatable bonds is 1. The van der Waals surface area contributed by atoms with Gasteiger partial charge in [0, 0.05) is 0 Å². The molecular formula is C4H7Te. The predicted molar refractivity (Wildman–Crippen MR) is 25.4 cm³/mol. The minimum absolute atomic E-state index is 0.658. The quantitative estimate of drug-likeness (QED) is 0.422. The van der Waals surface area contributed by atoms with E-state index in [0.717, 1.165) is 0 Å². The van der Waals surface area contributed by atoms with Crippen molar-refractivity contribution in [2.75, 3.05) is 0 Å². The van der Waals surface area contributed by atoms with Crippen molar-refractivity contribution in [3.63, 3.8) is 0 Å². The van der Waals surface area contributed by atoms with E-state index in [1.165, 1.54) is 0 Å². The fourth-order valence-electron chi connectivity index (χ4n) is 0. The van der Waals surface area contributed by atoms with Gasteiger partial charge in [0.15, 0.2) is 0 Å². The van der Waals surface area contributed by atoms with Crippen molar-refractivity contribution >= 4 is 22.3 Å². The first-order valence-electron chi connectivity index (χ1n) is 1.55. The van der Waals surface area contributed by atoms with Crippen molar-refractivity contribution in [3.05, 3.63) is 12.7 Å². The average Bonchev–Trinajstić information content (AvgIpc) is 1.38. The van der Waals surface area contributed by atoms with Crippen molar-refractivity contribution in [3.8, 4) is 0 Å². The summed E-state index contributed by atoms with van der Waals surface area (Å²) >= 11 is 2.04. The number of hydrogen-bond acceptors (Lipinski definition) is 0. The Balaban J connectivity index is 2.83. The molecule has 0 aliphatic carbocycles.